The van der Waals surface area contributed by atoms with Gasteiger partial charge in [-0.05, 0) is 57.2 Å². The van der Waals surface area contributed by atoms with Crippen LogP contribution >= 0.6 is 15.9 Å². The number of ether oxygens (including phenoxy) is 1. The SMILES string of the molecule is Cc1nc2c(N3C[C@@H](C)N([C@@H](c4ccc(Br)cc4)C(C)C)C[C@@H]3C)nc3nncn3c2n1CC1CCCO1. The smallest absolute Gasteiger partial charge is 0.258 e. The molecule has 1 unspecified atom stereocenters. The molecule has 10 heteroatoms. The highest BCUT2D eigenvalue weighted by atomic mass is 79.9. The second-order valence-corrected chi connectivity index (χ2v) is 12.2. The fraction of sp³-hybridized carbons (Fsp3) is 0.571. The maximum absolute atomic E-state index is 5.97. The van der Waals surface area contributed by atoms with E-state index in [0.29, 0.717) is 23.8 Å². The summed E-state index contributed by atoms with van der Waals surface area (Å²) in [5.41, 5.74) is 3.28. The van der Waals surface area contributed by atoms with Gasteiger partial charge >= 0.3 is 0 Å². The van der Waals surface area contributed by atoms with Crippen LogP contribution in [0.3, 0.4) is 0 Å². The third kappa shape index (κ3) is 4.50. The minimum Gasteiger partial charge on any atom is -0.376 e. The average molecular weight is 582 g/mol. The van der Waals surface area contributed by atoms with E-state index in [1.54, 1.807) is 6.33 Å². The lowest BCUT2D eigenvalue weighted by Gasteiger charge is -2.49. The third-order valence-electron chi connectivity index (χ3n) is 8.22. The molecular weight excluding hydrogens is 544 g/mol. The van der Waals surface area contributed by atoms with Gasteiger partial charge in [0, 0.05) is 42.3 Å². The van der Waals surface area contributed by atoms with Crippen LogP contribution in [0, 0.1) is 12.8 Å². The molecule has 0 saturated carbocycles. The number of aromatic nitrogens is 6. The normalized spacial score (nSPS) is 23.8. The van der Waals surface area contributed by atoms with Crippen molar-refractivity contribution in [1.82, 2.24) is 34.0 Å². The third-order valence-corrected chi connectivity index (χ3v) is 8.75. The van der Waals surface area contributed by atoms with Gasteiger partial charge in [-0.1, -0.05) is 41.9 Å². The summed E-state index contributed by atoms with van der Waals surface area (Å²) in [6.45, 7) is 14.8. The maximum atomic E-state index is 5.97. The molecule has 0 aliphatic carbocycles. The summed E-state index contributed by atoms with van der Waals surface area (Å²) in [7, 11) is 0. The molecule has 4 atom stereocenters. The van der Waals surface area contributed by atoms with E-state index in [2.05, 4.69) is 99.4 Å². The van der Waals surface area contributed by atoms with Gasteiger partial charge in [-0.25, -0.2) is 9.38 Å². The number of fused-ring (bicyclic) bond motifs is 3. The van der Waals surface area contributed by atoms with Crippen molar-refractivity contribution in [2.24, 2.45) is 5.92 Å². The first-order chi connectivity index (χ1) is 18.3. The molecule has 6 rings (SSSR count). The fourth-order valence-corrected chi connectivity index (χ4v) is 6.68. The molecule has 5 heterocycles. The molecule has 2 fully saturated rings. The van der Waals surface area contributed by atoms with E-state index in [4.69, 9.17) is 14.7 Å². The largest absolute Gasteiger partial charge is 0.376 e. The predicted octanol–water partition coefficient (Wildman–Crippen LogP) is 5.02. The van der Waals surface area contributed by atoms with Crippen LogP contribution in [0.1, 0.15) is 58.0 Å². The van der Waals surface area contributed by atoms with E-state index in [1.807, 2.05) is 4.40 Å². The highest BCUT2D eigenvalue weighted by Gasteiger charge is 2.37. The van der Waals surface area contributed by atoms with Gasteiger partial charge in [0.25, 0.3) is 5.78 Å². The molecule has 2 aliphatic rings. The number of anilines is 1. The number of piperazine rings is 1. The van der Waals surface area contributed by atoms with Crippen LogP contribution in [-0.4, -0.2) is 71.9 Å². The quantitative estimate of drug-likeness (QED) is 0.317. The number of nitrogens with zero attached hydrogens (tertiary/aromatic N) is 8. The van der Waals surface area contributed by atoms with E-state index in [0.717, 1.165) is 66.4 Å². The van der Waals surface area contributed by atoms with Crippen LogP contribution in [0.25, 0.3) is 16.9 Å². The summed E-state index contributed by atoms with van der Waals surface area (Å²) in [6.07, 6.45) is 4.15. The van der Waals surface area contributed by atoms with Crippen molar-refractivity contribution in [2.75, 3.05) is 24.6 Å². The lowest BCUT2D eigenvalue weighted by atomic mass is 9.91. The van der Waals surface area contributed by atoms with Gasteiger partial charge in [-0.15, -0.1) is 10.2 Å². The van der Waals surface area contributed by atoms with Crippen LogP contribution in [0.5, 0.6) is 0 Å². The van der Waals surface area contributed by atoms with Crippen molar-refractivity contribution in [3.8, 4) is 0 Å². The number of hydrogen-bond donors (Lipinski definition) is 0. The molecule has 202 valence electrons. The standard InChI is InChI=1S/C28H37BrN8O/c1-17(2)25(21-8-10-22(29)11-9-21)34-13-19(4)35(14-18(34)3)26-24-27(37-16-30-33-28(37)32-26)36(20(5)31-24)15-23-7-6-12-38-23/h8-11,16-19,23,25H,6-7,12-15H2,1-5H3/t18-,19+,23?,25-/m1/s1. The molecule has 3 aromatic heterocycles. The van der Waals surface area contributed by atoms with Gasteiger partial charge in [0.05, 0.1) is 12.6 Å². The fourth-order valence-electron chi connectivity index (χ4n) is 6.42. The molecule has 0 amide bonds. The molecule has 4 aromatic rings. The van der Waals surface area contributed by atoms with Crippen LogP contribution in [-0.2, 0) is 11.3 Å². The molecular formula is C28H37BrN8O. The molecule has 9 nitrogen and oxygen atoms in total. The Morgan fingerprint density at radius 2 is 1.87 bits per heavy atom. The van der Waals surface area contributed by atoms with Gasteiger partial charge in [-0.2, -0.15) is 4.98 Å². The Kier molecular flexibility index (Phi) is 6.90. The zero-order valence-corrected chi connectivity index (χ0v) is 24.5. The van der Waals surface area contributed by atoms with E-state index < -0.39 is 0 Å². The Balaban J connectivity index is 1.37. The molecule has 0 bridgehead atoms. The lowest BCUT2D eigenvalue weighted by molar-refractivity contribution is 0.0822. The van der Waals surface area contributed by atoms with Crippen LogP contribution in [0.2, 0.25) is 0 Å². The monoisotopic (exact) mass is 580 g/mol. The highest BCUT2D eigenvalue weighted by Crippen LogP contribution is 2.36. The molecule has 2 aliphatic heterocycles. The van der Waals surface area contributed by atoms with Crippen LogP contribution < -0.4 is 4.90 Å². The molecule has 0 N–H and O–H groups in total. The first kappa shape index (κ1) is 25.7. The summed E-state index contributed by atoms with van der Waals surface area (Å²) in [5, 5.41) is 8.55. The van der Waals surface area contributed by atoms with Crippen molar-refractivity contribution < 1.29 is 4.74 Å². The van der Waals surface area contributed by atoms with Crippen molar-refractivity contribution >= 4 is 38.7 Å². The minimum atomic E-state index is 0.211. The lowest BCUT2D eigenvalue weighted by Crippen LogP contribution is -2.58. The van der Waals surface area contributed by atoms with E-state index in [1.165, 1.54) is 5.56 Å². The zero-order valence-electron chi connectivity index (χ0n) is 22.9. The van der Waals surface area contributed by atoms with Gasteiger partial charge in [0.1, 0.15) is 17.7 Å². The molecule has 0 radical (unpaired) electrons. The molecule has 0 spiro atoms. The van der Waals surface area contributed by atoms with Gasteiger partial charge < -0.3 is 14.2 Å². The van der Waals surface area contributed by atoms with Crippen molar-refractivity contribution in [3.05, 3.63) is 46.5 Å². The predicted molar refractivity (Wildman–Crippen MR) is 152 cm³/mol. The Hall–Kier alpha value is -2.56. The maximum Gasteiger partial charge on any atom is 0.258 e. The number of hydrogen-bond acceptors (Lipinski definition) is 7. The first-order valence-electron chi connectivity index (χ1n) is 13.8. The Morgan fingerprint density at radius 3 is 2.58 bits per heavy atom. The Morgan fingerprint density at radius 1 is 1.08 bits per heavy atom. The van der Waals surface area contributed by atoms with E-state index >= 15 is 0 Å². The summed E-state index contributed by atoms with van der Waals surface area (Å²) < 4.78 is 11.3. The van der Waals surface area contributed by atoms with E-state index in [-0.39, 0.29) is 12.1 Å². The highest BCUT2D eigenvalue weighted by molar-refractivity contribution is 9.10. The second-order valence-electron chi connectivity index (χ2n) is 11.3. The summed E-state index contributed by atoms with van der Waals surface area (Å²) >= 11 is 3.59. The van der Waals surface area contributed by atoms with Gasteiger partial charge in [0.2, 0.25) is 0 Å². The summed E-state index contributed by atoms with van der Waals surface area (Å²) in [4.78, 5) is 15.2. The van der Waals surface area contributed by atoms with Crippen molar-refractivity contribution in [3.63, 3.8) is 0 Å². The summed E-state index contributed by atoms with van der Waals surface area (Å²) in [6, 6.07) is 9.76. The molecule has 38 heavy (non-hydrogen) atoms. The van der Waals surface area contributed by atoms with Crippen molar-refractivity contribution in [2.45, 2.75) is 78.2 Å². The van der Waals surface area contributed by atoms with Gasteiger partial charge in [-0.3, -0.25) is 4.90 Å². The topological polar surface area (TPSA) is 76.6 Å². The Bertz CT molecular complexity index is 1420. The zero-order chi connectivity index (χ0) is 26.6. The number of halogens is 1. The molecule has 2 saturated heterocycles. The molecule has 1 aromatic carbocycles. The minimum absolute atomic E-state index is 0.211. The number of rotatable bonds is 6. The summed E-state index contributed by atoms with van der Waals surface area (Å²) in [5.74, 6) is 2.97. The van der Waals surface area contributed by atoms with Crippen LogP contribution in [0.15, 0.2) is 35.1 Å². The number of benzene rings is 1. The number of imidazole rings is 1. The van der Waals surface area contributed by atoms with Gasteiger partial charge in [0.15, 0.2) is 11.5 Å². The number of aryl methyl sites for hydroxylation is 1. The van der Waals surface area contributed by atoms with Crippen LogP contribution in [0.4, 0.5) is 5.82 Å². The average Bonchev–Trinajstić information content (AvgIpc) is 3.63. The van der Waals surface area contributed by atoms with E-state index in [9.17, 15) is 0 Å². The van der Waals surface area contributed by atoms with Crippen molar-refractivity contribution in [1.29, 1.82) is 0 Å². The Labute approximate surface area is 232 Å². The first-order valence-corrected chi connectivity index (χ1v) is 14.6. The second kappa shape index (κ2) is 10.2.